The van der Waals surface area contributed by atoms with Crippen LogP contribution in [0, 0.1) is 5.92 Å². The summed E-state index contributed by atoms with van der Waals surface area (Å²) >= 11 is 0. The van der Waals surface area contributed by atoms with Crippen LogP contribution in [0.25, 0.3) is 0 Å². The highest BCUT2D eigenvalue weighted by Crippen LogP contribution is 2.24. The van der Waals surface area contributed by atoms with E-state index in [-0.39, 0.29) is 6.09 Å². The van der Waals surface area contributed by atoms with Crippen molar-refractivity contribution in [2.75, 3.05) is 20.1 Å². The summed E-state index contributed by atoms with van der Waals surface area (Å²) in [4.78, 5) is 14.0. The highest BCUT2D eigenvalue weighted by Gasteiger charge is 2.33. The number of aryl methyl sites for hydroxylation is 1. The van der Waals surface area contributed by atoms with Crippen molar-refractivity contribution in [3.05, 3.63) is 35.9 Å². The lowest BCUT2D eigenvalue weighted by atomic mass is 9.93. The Morgan fingerprint density at radius 1 is 1.35 bits per heavy atom. The van der Waals surface area contributed by atoms with Gasteiger partial charge in [-0.3, -0.25) is 0 Å². The Morgan fingerprint density at radius 2 is 2.04 bits per heavy atom. The van der Waals surface area contributed by atoms with Crippen LogP contribution in [-0.2, 0) is 11.2 Å². The summed E-state index contributed by atoms with van der Waals surface area (Å²) in [5, 5.41) is 3.44. The van der Waals surface area contributed by atoms with Crippen molar-refractivity contribution < 1.29 is 9.53 Å². The molecule has 1 heterocycles. The molecule has 1 N–H and O–H groups in total. The van der Waals surface area contributed by atoms with Gasteiger partial charge in [0, 0.05) is 19.1 Å². The molecule has 1 fully saturated rings. The number of carbonyl (C=O) groups is 1. The van der Waals surface area contributed by atoms with Gasteiger partial charge in [-0.15, -0.1) is 0 Å². The van der Waals surface area contributed by atoms with E-state index in [4.69, 9.17) is 4.74 Å². The summed E-state index contributed by atoms with van der Waals surface area (Å²) in [6.45, 7) is 7.32. The zero-order valence-corrected chi connectivity index (χ0v) is 14.8. The number of hydrogen-bond donors (Lipinski definition) is 1. The van der Waals surface area contributed by atoms with Gasteiger partial charge in [0.1, 0.15) is 5.60 Å². The molecule has 128 valence electrons. The minimum atomic E-state index is -0.426. The van der Waals surface area contributed by atoms with Crippen LogP contribution < -0.4 is 5.32 Å². The van der Waals surface area contributed by atoms with E-state index in [1.54, 1.807) is 0 Å². The second-order valence-corrected chi connectivity index (χ2v) is 7.39. The van der Waals surface area contributed by atoms with Crippen LogP contribution in [0.1, 0.15) is 39.2 Å². The summed E-state index contributed by atoms with van der Waals surface area (Å²) in [5.74, 6) is 0.497. The van der Waals surface area contributed by atoms with Gasteiger partial charge in [0.25, 0.3) is 0 Å². The van der Waals surface area contributed by atoms with E-state index >= 15 is 0 Å². The molecule has 4 nitrogen and oxygen atoms in total. The lowest BCUT2D eigenvalue weighted by Gasteiger charge is -2.26. The first kappa shape index (κ1) is 17.8. The minimum Gasteiger partial charge on any atom is -0.444 e. The fourth-order valence-corrected chi connectivity index (χ4v) is 3.19. The van der Waals surface area contributed by atoms with Gasteiger partial charge < -0.3 is 15.0 Å². The van der Waals surface area contributed by atoms with Crippen LogP contribution in [0.4, 0.5) is 4.79 Å². The molecule has 1 aliphatic rings. The van der Waals surface area contributed by atoms with Crippen LogP contribution in [0.3, 0.4) is 0 Å². The maximum Gasteiger partial charge on any atom is 0.410 e. The van der Waals surface area contributed by atoms with Gasteiger partial charge in [0.05, 0.1) is 0 Å². The Balaban J connectivity index is 1.84. The number of ether oxygens (including phenoxy) is 1. The van der Waals surface area contributed by atoms with Crippen molar-refractivity contribution in [3.8, 4) is 0 Å². The van der Waals surface area contributed by atoms with Crippen LogP contribution in [-0.4, -0.2) is 42.8 Å². The summed E-state index contributed by atoms with van der Waals surface area (Å²) in [6.07, 6.45) is 3.01. The van der Waals surface area contributed by atoms with Gasteiger partial charge in [0.2, 0.25) is 0 Å². The lowest BCUT2D eigenvalue weighted by molar-refractivity contribution is 0.0285. The third-order valence-corrected chi connectivity index (χ3v) is 4.40. The number of rotatable bonds is 5. The van der Waals surface area contributed by atoms with Crippen LogP contribution in [0.15, 0.2) is 30.3 Å². The SMILES string of the molecule is CNC(CCc1ccccc1)C1CCN(C(=O)OC(C)(C)C)C1. The fraction of sp³-hybridized carbons (Fsp3) is 0.632. The van der Waals surface area contributed by atoms with Crippen molar-refractivity contribution >= 4 is 6.09 Å². The molecule has 0 aromatic heterocycles. The normalized spacial score (nSPS) is 19.7. The lowest BCUT2D eigenvalue weighted by Crippen LogP contribution is -2.39. The summed E-state index contributed by atoms with van der Waals surface area (Å²) in [5.41, 5.74) is 0.944. The zero-order valence-electron chi connectivity index (χ0n) is 14.8. The molecule has 2 unspecified atom stereocenters. The first-order chi connectivity index (χ1) is 10.9. The Labute approximate surface area is 140 Å². The van der Waals surface area contributed by atoms with E-state index in [2.05, 4.69) is 35.6 Å². The molecule has 2 atom stereocenters. The molecular formula is C19H30N2O2. The molecule has 23 heavy (non-hydrogen) atoms. The molecule has 4 heteroatoms. The number of carbonyl (C=O) groups excluding carboxylic acids is 1. The summed E-state index contributed by atoms with van der Waals surface area (Å²) < 4.78 is 5.48. The number of nitrogens with zero attached hydrogens (tertiary/aromatic N) is 1. The molecule has 2 rings (SSSR count). The van der Waals surface area contributed by atoms with E-state index in [0.717, 1.165) is 32.4 Å². The maximum atomic E-state index is 12.2. The largest absolute Gasteiger partial charge is 0.444 e. The van der Waals surface area contributed by atoms with Crippen LogP contribution in [0.2, 0.25) is 0 Å². The van der Waals surface area contributed by atoms with Crippen LogP contribution in [0.5, 0.6) is 0 Å². The highest BCUT2D eigenvalue weighted by molar-refractivity contribution is 5.68. The van der Waals surface area contributed by atoms with E-state index in [1.165, 1.54) is 5.56 Å². The molecular weight excluding hydrogens is 288 g/mol. The first-order valence-corrected chi connectivity index (χ1v) is 8.58. The van der Waals surface area contributed by atoms with Gasteiger partial charge in [-0.2, -0.15) is 0 Å². The standard InChI is InChI=1S/C19H30N2O2/c1-19(2,3)23-18(22)21-13-12-16(14-21)17(20-4)11-10-15-8-6-5-7-9-15/h5-9,16-17,20H,10-14H2,1-4H3. The van der Waals surface area contributed by atoms with Gasteiger partial charge >= 0.3 is 6.09 Å². The topological polar surface area (TPSA) is 41.6 Å². The molecule has 1 aromatic rings. The van der Waals surface area contributed by atoms with Crippen molar-refractivity contribution in [3.63, 3.8) is 0 Å². The average molecular weight is 318 g/mol. The van der Waals surface area contributed by atoms with Gasteiger partial charge in [0.15, 0.2) is 0 Å². The average Bonchev–Trinajstić information content (AvgIpc) is 2.97. The Kier molecular flexibility index (Phi) is 6.05. The quantitative estimate of drug-likeness (QED) is 0.904. The number of hydrogen-bond acceptors (Lipinski definition) is 3. The molecule has 0 spiro atoms. The van der Waals surface area contributed by atoms with Crippen molar-refractivity contribution in [1.29, 1.82) is 0 Å². The predicted molar refractivity (Wildman–Crippen MR) is 93.5 cm³/mol. The molecule has 0 radical (unpaired) electrons. The van der Waals surface area contributed by atoms with E-state index < -0.39 is 5.60 Å². The van der Waals surface area contributed by atoms with E-state index in [9.17, 15) is 4.79 Å². The molecule has 1 amide bonds. The molecule has 1 aromatic carbocycles. The van der Waals surface area contributed by atoms with Crippen LogP contribution >= 0.6 is 0 Å². The summed E-state index contributed by atoms with van der Waals surface area (Å²) in [6, 6.07) is 11.0. The van der Waals surface area contributed by atoms with Gasteiger partial charge in [-0.1, -0.05) is 30.3 Å². The van der Waals surface area contributed by atoms with E-state index in [0.29, 0.717) is 12.0 Å². The third kappa shape index (κ3) is 5.54. The van der Waals surface area contributed by atoms with Crippen molar-refractivity contribution in [2.24, 2.45) is 5.92 Å². The number of amides is 1. The van der Waals surface area contributed by atoms with E-state index in [1.807, 2.05) is 32.7 Å². The van der Waals surface area contributed by atoms with Gasteiger partial charge in [-0.25, -0.2) is 4.79 Å². The first-order valence-electron chi connectivity index (χ1n) is 8.58. The number of likely N-dealkylation sites (tertiary alicyclic amines) is 1. The second kappa shape index (κ2) is 7.82. The second-order valence-electron chi connectivity index (χ2n) is 7.39. The highest BCUT2D eigenvalue weighted by atomic mass is 16.6. The maximum absolute atomic E-state index is 12.2. The van der Waals surface area contributed by atoms with Crippen molar-refractivity contribution in [2.45, 2.75) is 51.7 Å². The van der Waals surface area contributed by atoms with Crippen molar-refractivity contribution in [1.82, 2.24) is 10.2 Å². The summed E-state index contributed by atoms with van der Waals surface area (Å²) in [7, 11) is 2.02. The predicted octanol–water partition coefficient (Wildman–Crippen LogP) is 3.46. The third-order valence-electron chi connectivity index (χ3n) is 4.40. The molecule has 1 aliphatic heterocycles. The Bertz CT molecular complexity index is 496. The monoisotopic (exact) mass is 318 g/mol. The molecule has 1 saturated heterocycles. The smallest absolute Gasteiger partial charge is 0.410 e. The Hall–Kier alpha value is -1.55. The zero-order chi connectivity index (χ0) is 16.9. The molecule has 0 saturated carbocycles. The fourth-order valence-electron chi connectivity index (χ4n) is 3.19. The number of nitrogens with one attached hydrogen (secondary N) is 1. The van der Waals surface area contributed by atoms with Gasteiger partial charge in [-0.05, 0) is 58.6 Å². The molecule has 0 bridgehead atoms. The number of benzene rings is 1. The minimum absolute atomic E-state index is 0.182. The Morgan fingerprint density at radius 3 is 2.65 bits per heavy atom. The molecule has 0 aliphatic carbocycles.